The Kier molecular flexibility index (Phi) is 6.68. The summed E-state index contributed by atoms with van der Waals surface area (Å²) in [7, 11) is 1.69. The molecule has 0 radical (unpaired) electrons. The fourth-order valence-electron chi connectivity index (χ4n) is 2.96. The minimum Gasteiger partial charge on any atom is -0.497 e. The number of carbonyl (C=O) groups is 1. The van der Waals surface area contributed by atoms with Gasteiger partial charge in [0.25, 0.3) is 0 Å². The highest BCUT2D eigenvalue weighted by atomic mass is 32.1. The molecule has 138 valence electrons. The zero-order valence-corrected chi connectivity index (χ0v) is 15.9. The summed E-state index contributed by atoms with van der Waals surface area (Å²) < 4.78 is 5.21. The molecule has 1 amide bonds. The van der Waals surface area contributed by atoms with Gasteiger partial charge in [0.1, 0.15) is 5.75 Å². The van der Waals surface area contributed by atoms with Crippen LogP contribution in [-0.2, 0) is 4.79 Å². The van der Waals surface area contributed by atoms with Crippen LogP contribution in [0.15, 0.2) is 47.9 Å². The van der Waals surface area contributed by atoms with E-state index in [1.807, 2.05) is 35.7 Å². The lowest BCUT2D eigenvalue weighted by Crippen LogP contribution is -2.48. The maximum Gasteiger partial charge on any atom is 0.244 e. The third kappa shape index (κ3) is 5.34. The van der Waals surface area contributed by atoms with E-state index in [0.717, 1.165) is 43.4 Å². The predicted octanol–water partition coefficient (Wildman–Crippen LogP) is 2.71. The summed E-state index contributed by atoms with van der Waals surface area (Å²) in [4.78, 5) is 17.7. The molecule has 26 heavy (non-hydrogen) atoms. The Morgan fingerprint density at radius 2 is 1.96 bits per heavy atom. The Hall–Kier alpha value is -2.31. The smallest absolute Gasteiger partial charge is 0.244 e. The molecule has 1 aliphatic rings. The molecule has 5 nitrogen and oxygen atoms in total. The lowest BCUT2D eigenvalue weighted by molar-refractivity contribution is -0.116. The van der Waals surface area contributed by atoms with Crippen molar-refractivity contribution < 1.29 is 9.53 Å². The van der Waals surface area contributed by atoms with Crippen LogP contribution >= 0.6 is 11.3 Å². The van der Waals surface area contributed by atoms with Crippen LogP contribution in [0.25, 0.3) is 6.08 Å². The highest BCUT2D eigenvalue weighted by Crippen LogP contribution is 2.20. The van der Waals surface area contributed by atoms with Crippen LogP contribution in [0.5, 0.6) is 5.75 Å². The molecule has 0 aliphatic carbocycles. The zero-order valence-electron chi connectivity index (χ0n) is 15.1. The number of benzene rings is 1. The number of rotatable bonds is 7. The van der Waals surface area contributed by atoms with Crippen LogP contribution < -0.4 is 15.0 Å². The molecule has 2 heterocycles. The molecule has 1 aromatic carbocycles. The topological polar surface area (TPSA) is 44.8 Å². The second-order valence-corrected chi connectivity index (χ2v) is 7.15. The maximum absolute atomic E-state index is 11.8. The Morgan fingerprint density at radius 3 is 2.62 bits per heavy atom. The fraction of sp³-hybridized carbons (Fsp3) is 0.350. The summed E-state index contributed by atoms with van der Waals surface area (Å²) >= 11 is 1.63. The van der Waals surface area contributed by atoms with E-state index in [-0.39, 0.29) is 5.91 Å². The van der Waals surface area contributed by atoms with Gasteiger partial charge in [0.2, 0.25) is 5.91 Å². The molecular weight excluding hydrogens is 346 g/mol. The van der Waals surface area contributed by atoms with E-state index in [0.29, 0.717) is 6.54 Å². The third-order valence-corrected chi connectivity index (χ3v) is 5.32. The van der Waals surface area contributed by atoms with Crippen molar-refractivity contribution in [2.24, 2.45) is 0 Å². The standard InChI is InChI=1S/C20H25N3O2S/c1-25-18-6-4-17(5-7-18)23-14-12-22(13-15-23)11-10-21-20(24)9-8-19-3-2-16-26-19/h2-9,16H,10-15H2,1H3,(H,21,24)/b9-8+. The minimum absolute atomic E-state index is 0.0322. The molecule has 0 unspecified atom stereocenters. The summed E-state index contributed by atoms with van der Waals surface area (Å²) in [6, 6.07) is 12.2. The molecule has 0 saturated carbocycles. The van der Waals surface area contributed by atoms with Gasteiger partial charge >= 0.3 is 0 Å². The molecular formula is C20H25N3O2S. The van der Waals surface area contributed by atoms with Gasteiger partial charge in [-0.25, -0.2) is 0 Å². The fourth-order valence-corrected chi connectivity index (χ4v) is 3.58. The number of thiophene rings is 1. The van der Waals surface area contributed by atoms with Crippen molar-refractivity contribution in [2.45, 2.75) is 0 Å². The number of carbonyl (C=O) groups excluding carboxylic acids is 1. The summed E-state index contributed by atoms with van der Waals surface area (Å²) in [6.07, 6.45) is 3.46. The summed E-state index contributed by atoms with van der Waals surface area (Å²) in [6.45, 7) is 5.57. The maximum atomic E-state index is 11.8. The number of nitrogens with one attached hydrogen (secondary N) is 1. The van der Waals surface area contributed by atoms with Crippen molar-refractivity contribution in [3.8, 4) is 5.75 Å². The highest BCUT2D eigenvalue weighted by Gasteiger charge is 2.16. The van der Waals surface area contributed by atoms with Crippen LogP contribution in [0.3, 0.4) is 0 Å². The van der Waals surface area contributed by atoms with Crippen LogP contribution in [-0.4, -0.2) is 57.2 Å². The van der Waals surface area contributed by atoms with E-state index in [2.05, 4.69) is 27.2 Å². The van der Waals surface area contributed by atoms with Gasteiger partial charge in [-0.1, -0.05) is 6.07 Å². The van der Waals surface area contributed by atoms with Gasteiger partial charge in [-0.2, -0.15) is 0 Å². The molecule has 6 heteroatoms. The van der Waals surface area contributed by atoms with Gasteiger partial charge in [-0.05, 0) is 41.8 Å². The average Bonchev–Trinajstić information content (AvgIpc) is 3.21. The van der Waals surface area contributed by atoms with E-state index in [1.54, 1.807) is 24.5 Å². The normalized spacial score (nSPS) is 15.3. The van der Waals surface area contributed by atoms with Gasteiger partial charge < -0.3 is 15.0 Å². The first-order chi connectivity index (χ1) is 12.7. The largest absolute Gasteiger partial charge is 0.497 e. The summed E-state index contributed by atoms with van der Waals surface area (Å²) in [5.41, 5.74) is 1.23. The molecule has 1 saturated heterocycles. The molecule has 0 spiro atoms. The van der Waals surface area contributed by atoms with Crippen LogP contribution in [0.2, 0.25) is 0 Å². The molecule has 2 aromatic rings. The van der Waals surface area contributed by atoms with Crippen molar-refractivity contribution in [1.82, 2.24) is 10.2 Å². The number of methoxy groups -OCH3 is 1. The number of hydrogen-bond acceptors (Lipinski definition) is 5. The van der Waals surface area contributed by atoms with Crippen molar-refractivity contribution in [3.63, 3.8) is 0 Å². The Morgan fingerprint density at radius 1 is 1.19 bits per heavy atom. The third-order valence-electron chi connectivity index (χ3n) is 4.48. The van der Waals surface area contributed by atoms with Crippen LogP contribution in [0, 0.1) is 0 Å². The van der Waals surface area contributed by atoms with Crippen molar-refractivity contribution in [2.75, 3.05) is 51.3 Å². The molecule has 1 fully saturated rings. The Balaban J connectivity index is 1.35. The number of piperazine rings is 1. The molecule has 3 rings (SSSR count). The Labute approximate surface area is 158 Å². The van der Waals surface area contributed by atoms with Crippen molar-refractivity contribution in [1.29, 1.82) is 0 Å². The number of hydrogen-bond donors (Lipinski definition) is 1. The first kappa shape index (κ1) is 18.5. The van der Waals surface area contributed by atoms with E-state index in [9.17, 15) is 4.79 Å². The van der Waals surface area contributed by atoms with Gasteiger partial charge in [-0.3, -0.25) is 9.69 Å². The van der Waals surface area contributed by atoms with Gasteiger partial charge in [0.15, 0.2) is 0 Å². The number of amides is 1. The van der Waals surface area contributed by atoms with Gasteiger partial charge in [0, 0.05) is 55.9 Å². The van der Waals surface area contributed by atoms with Crippen LogP contribution in [0.1, 0.15) is 4.88 Å². The molecule has 1 aromatic heterocycles. The SMILES string of the molecule is COc1ccc(N2CCN(CCNC(=O)/C=C/c3cccs3)CC2)cc1. The predicted molar refractivity (Wildman–Crippen MR) is 108 cm³/mol. The number of nitrogens with zero attached hydrogens (tertiary/aromatic N) is 2. The van der Waals surface area contributed by atoms with Crippen molar-refractivity contribution >= 4 is 29.0 Å². The van der Waals surface area contributed by atoms with E-state index >= 15 is 0 Å². The molecule has 1 N–H and O–H groups in total. The lowest BCUT2D eigenvalue weighted by atomic mass is 10.2. The summed E-state index contributed by atoms with van der Waals surface area (Å²) in [5.74, 6) is 0.853. The zero-order chi connectivity index (χ0) is 18.2. The lowest BCUT2D eigenvalue weighted by Gasteiger charge is -2.36. The van der Waals surface area contributed by atoms with Crippen LogP contribution in [0.4, 0.5) is 5.69 Å². The van der Waals surface area contributed by atoms with Crippen molar-refractivity contribution in [3.05, 3.63) is 52.7 Å². The Bertz CT molecular complexity index is 705. The average molecular weight is 372 g/mol. The molecule has 0 bridgehead atoms. The van der Waals surface area contributed by atoms with Gasteiger partial charge in [0.05, 0.1) is 7.11 Å². The second kappa shape index (κ2) is 9.40. The molecule has 1 aliphatic heterocycles. The molecule has 0 atom stereocenters. The first-order valence-corrected chi connectivity index (χ1v) is 9.73. The van der Waals surface area contributed by atoms with E-state index in [1.165, 1.54) is 5.69 Å². The van der Waals surface area contributed by atoms with E-state index < -0.39 is 0 Å². The quantitative estimate of drug-likeness (QED) is 0.760. The number of anilines is 1. The number of ether oxygens (including phenoxy) is 1. The van der Waals surface area contributed by atoms with Gasteiger partial charge in [-0.15, -0.1) is 11.3 Å². The second-order valence-electron chi connectivity index (χ2n) is 6.17. The summed E-state index contributed by atoms with van der Waals surface area (Å²) in [5, 5.41) is 4.96. The first-order valence-electron chi connectivity index (χ1n) is 8.85. The highest BCUT2D eigenvalue weighted by molar-refractivity contribution is 7.10. The minimum atomic E-state index is -0.0322. The van der Waals surface area contributed by atoms with E-state index in [4.69, 9.17) is 4.74 Å². The monoisotopic (exact) mass is 371 g/mol.